The highest BCUT2D eigenvalue weighted by atomic mass is 16.5. The predicted octanol–water partition coefficient (Wildman–Crippen LogP) is 0.0702. The van der Waals surface area contributed by atoms with Gasteiger partial charge in [0.05, 0.1) is 49.4 Å². The van der Waals surface area contributed by atoms with Gasteiger partial charge in [-0.3, -0.25) is 9.59 Å². The van der Waals surface area contributed by atoms with Crippen LogP contribution in [0.1, 0.15) is 22.6 Å². The third kappa shape index (κ3) is 3.37. The van der Waals surface area contributed by atoms with Crippen molar-refractivity contribution in [1.29, 1.82) is 0 Å². The summed E-state index contributed by atoms with van der Waals surface area (Å²) in [6.45, 7) is 1.53. The fraction of sp³-hybridized carbons (Fsp3) is 0.444. The Morgan fingerprint density at radius 2 is 2.22 bits per heavy atom. The summed E-state index contributed by atoms with van der Waals surface area (Å²) in [5.41, 5.74) is 1.92. The monoisotopic (exact) mass is 372 g/mol. The van der Waals surface area contributed by atoms with Crippen molar-refractivity contribution in [2.75, 3.05) is 26.8 Å². The van der Waals surface area contributed by atoms with E-state index in [0.29, 0.717) is 23.4 Å². The minimum atomic E-state index is -0.422. The molecule has 1 N–H and O–H groups in total. The molecular formula is C18H20N4O5. The zero-order chi connectivity index (χ0) is 19.0. The van der Waals surface area contributed by atoms with E-state index in [2.05, 4.69) is 10.3 Å². The Hall–Kier alpha value is -2.94. The molecule has 27 heavy (non-hydrogen) atoms. The summed E-state index contributed by atoms with van der Waals surface area (Å²) < 4.78 is 12.3. The number of carbonyl (C=O) groups is 3. The fourth-order valence-electron chi connectivity index (χ4n) is 3.29. The minimum absolute atomic E-state index is 0.00269. The van der Waals surface area contributed by atoms with E-state index in [0.717, 1.165) is 18.5 Å². The number of hydrogen-bond acceptors (Lipinski definition) is 6. The molecule has 1 aromatic carbocycles. The number of benzene rings is 1. The first kappa shape index (κ1) is 17.5. The molecule has 1 aromatic heterocycles. The molecule has 2 aliphatic heterocycles. The third-order valence-electron chi connectivity index (χ3n) is 4.88. The van der Waals surface area contributed by atoms with Crippen molar-refractivity contribution >= 4 is 28.8 Å². The molecule has 2 aliphatic rings. The first-order valence-electron chi connectivity index (χ1n) is 8.78. The number of fused-ring (bicyclic) bond motifs is 1. The number of ether oxygens (including phenoxy) is 2. The van der Waals surface area contributed by atoms with E-state index in [4.69, 9.17) is 9.47 Å². The molecule has 3 heterocycles. The van der Waals surface area contributed by atoms with Gasteiger partial charge in [0.25, 0.3) is 0 Å². The van der Waals surface area contributed by atoms with Crippen LogP contribution < -0.4 is 5.32 Å². The third-order valence-corrected chi connectivity index (χ3v) is 4.88. The molecule has 0 radical (unpaired) electrons. The van der Waals surface area contributed by atoms with Crippen LogP contribution >= 0.6 is 0 Å². The average molecular weight is 372 g/mol. The van der Waals surface area contributed by atoms with E-state index < -0.39 is 5.97 Å². The Morgan fingerprint density at radius 3 is 2.93 bits per heavy atom. The van der Waals surface area contributed by atoms with Gasteiger partial charge in [-0.15, -0.1) is 0 Å². The molecule has 9 nitrogen and oxygen atoms in total. The maximum atomic E-state index is 12.1. The highest BCUT2D eigenvalue weighted by Crippen LogP contribution is 2.23. The number of nitrogens with one attached hydrogen (secondary N) is 1. The number of piperazine rings is 1. The highest BCUT2D eigenvalue weighted by molar-refractivity contribution is 5.94. The van der Waals surface area contributed by atoms with Crippen molar-refractivity contribution in [2.24, 2.45) is 0 Å². The van der Waals surface area contributed by atoms with E-state index in [1.165, 1.54) is 12.0 Å². The SMILES string of the molecule is COC(=O)c1ccc2nc(CN3CC(=O)NCC3=O)n(C[C@@H]3CCO3)c2c1. The van der Waals surface area contributed by atoms with Gasteiger partial charge in [-0.05, 0) is 24.6 Å². The summed E-state index contributed by atoms with van der Waals surface area (Å²) in [6.07, 6.45) is 1.02. The molecule has 0 unspecified atom stereocenters. The number of aromatic nitrogens is 2. The summed E-state index contributed by atoms with van der Waals surface area (Å²) >= 11 is 0. The van der Waals surface area contributed by atoms with Gasteiger partial charge < -0.3 is 24.3 Å². The zero-order valence-corrected chi connectivity index (χ0v) is 14.9. The van der Waals surface area contributed by atoms with Crippen LogP contribution in [0, 0.1) is 0 Å². The summed E-state index contributed by atoms with van der Waals surface area (Å²) in [6, 6.07) is 5.16. The Kier molecular flexibility index (Phi) is 4.53. The number of nitrogens with zero attached hydrogens (tertiary/aromatic N) is 3. The van der Waals surface area contributed by atoms with E-state index >= 15 is 0 Å². The summed E-state index contributed by atoms with van der Waals surface area (Å²) in [4.78, 5) is 41.8. The Labute approximate surface area is 155 Å². The summed E-state index contributed by atoms with van der Waals surface area (Å²) in [5, 5.41) is 2.54. The van der Waals surface area contributed by atoms with Crippen LogP contribution in [0.4, 0.5) is 0 Å². The molecule has 142 valence electrons. The van der Waals surface area contributed by atoms with Gasteiger partial charge in [-0.2, -0.15) is 0 Å². The summed E-state index contributed by atoms with van der Waals surface area (Å²) in [7, 11) is 1.34. The van der Waals surface area contributed by atoms with Crippen molar-refractivity contribution in [3.05, 3.63) is 29.6 Å². The van der Waals surface area contributed by atoms with Gasteiger partial charge in [0.2, 0.25) is 11.8 Å². The van der Waals surface area contributed by atoms with Crippen LogP contribution in [0.5, 0.6) is 0 Å². The fourth-order valence-corrected chi connectivity index (χ4v) is 3.29. The van der Waals surface area contributed by atoms with E-state index in [1.807, 2.05) is 4.57 Å². The second-order valence-electron chi connectivity index (χ2n) is 6.64. The van der Waals surface area contributed by atoms with Gasteiger partial charge in [0.15, 0.2) is 0 Å². The lowest BCUT2D eigenvalue weighted by Crippen LogP contribution is -2.51. The predicted molar refractivity (Wildman–Crippen MR) is 93.9 cm³/mol. The molecule has 0 aliphatic carbocycles. The number of carbonyl (C=O) groups excluding carboxylic acids is 3. The Balaban J connectivity index is 1.71. The van der Waals surface area contributed by atoms with Crippen molar-refractivity contribution in [1.82, 2.24) is 19.8 Å². The van der Waals surface area contributed by atoms with Crippen molar-refractivity contribution in [3.63, 3.8) is 0 Å². The first-order valence-corrected chi connectivity index (χ1v) is 8.78. The Morgan fingerprint density at radius 1 is 1.41 bits per heavy atom. The number of rotatable bonds is 5. The molecule has 0 saturated carbocycles. The van der Waals surface area contributed by atoms with Gasteiger partial charge in [0, 0.05) is 6.61 Å². The first-order chi connectivity index (χ1) is 13.0. The normalized spacial score (nSPS) is 19.7. The molecule has 2 aromatic rings. The molecule has 2 fully saturated rings. The molecule has 9 heteroatoms. The van der Waals surface area contributed by atoms with Crippen molar-refractivity contribution in [3.8, 4) is 0 Å². The topological polar surface area (TPSA) is 103 Å². The molecule has 1 atom stereocenters. The van der Waals surface area contributed by atoms with Crippen molar-refractivity contribution < 1.29 is 23.9 Å². The minimum Gasteiger partial charge on any atom is -0.465 e. The molecule has 0 spiro atoms. The number of hydrogen-bond donors (Lipinski definition) is 1. The quantitative estimate of drug-likeness (QED) is 0.745. The molecule has 0 bridgehead atoms. The lowest BCUT2D eigenvalue weighted by atomic mass is 10.1. The van der Waals surface area contributed by atoms with Crippen LogP contribution in [0.25, 0.3) is 11.0 Å². The van der Waals surface area contributed by atoms with Gasteiger partial charge in [-0.25, -0.2) is 9.78 Å². The van der Waals surface area contributed by atoms with E-state index in [-0.39, 0.29) is 37.6 Å². The maximum Gasteiger partial charge on any atom is 0.337 e. The van der Waals surface area contributed by atoms with Gasteiger partial charge in [-0.1, -0.05) is 0 Å². The van der Waals surface area contributed by atoms with Crippen LogP contribution in [-0.2, 0) is 32.2 Å². The van der Waals surface area contributed by atoms with Crippen LogP contribution in [0.15, 0.2) is 18.2 Å². The lowest BCUT2D eigenvalue weighted by Gasteiger charge is -2.29. The number of imidazole rings is 1. The smallest absolute Gasteiger partial charge is 0.337 e. The second-order valence-corrected chi connectivity index (χ2v) is 6.64. The average Bonchev–Trinajstić information content (AvgIpc) is 2.96. The molecule has 4 rings (SSSR count). The number of esters is 1. The molecule has 2 amide bonds. The van der Waals surface area contributed by atoms with E-state index in [9.17, 15) is 14.4 Å². The highest BCUT2D eigenvalue weighted by Gasteiger charge is 2.27. The number of methoxy groups -OCH3 is 1. The Bertz CT molecular complexity index is 918. The maximum absolute atomic E-state index is 12.1. The van der Waals surface area contributed by atoms with Crippen LogP contribution in [-0.4, -0.2) is 65.1 Å². The van der Waals surface area contributed by atoms with Crippen molar-refractivity contribution in [2.45, 2.75) is 25.6 Å². The largest absolute Gasteiger partial charge is 0.465 e. The van der Waals surface area contributed by atoms with Gasteiger partial charge >= 0.3 is 5.97 Å². The lowest BCUT2D eigenvalue weighted by molar-refractivity contribution is -0.141. The molecular weight excluding hydrogens is 352 g/mol. The number of amides is 2. The van der Waals surface area contributed by atoms with Crippen LogP contribution in [0.3, 0.4) is 0 Å². The second kappa shape index (κ2) is 6.99. The molecule has 2 saturated heterocycles. The summed E-state index contributed by atoms with van der Waals surface area (Å²) in [5.74, 6) is -0.101. The van der Waals surface area contributed by atoms with E-state index in [1.54, 1.807) is 18.2 Å². The standard InChI is InChI=1S/C18H20N4O5/c1-26-18(25)11-2-3-13-14(6-11)22(8-12-4-5-27-12)15(20-13)9-21-10-16(23)19-7-17(21)24/h2-3,6,12H,4-5,7-10H2,1H3,(H,19,23)/t12-/m0/s1. The van der Waals surface area contributed by atoms with Crippen LogP contribution in [0.2, 0.25) is 0 Å². The zero-order valence-electron chi connectivity index (χ0n) is 14.9. The van der Waals surface area contributed by atoms with Gasteiger partial charge in [0.1, 0.15) is 12.4 Å².